The van der Waals surface area contributed by atoms with Crippen molar-refractivity contribution in [2.24, 2.45) is 0 Å². The van der Waals surface area contributed by atoms with Crippen LogP contribution in [0.1, 0.15) is 36.4 Å². The quantitative estimate of drug-likeness (QED) is 0.702. The summed E-state index contributed by atoms with van der Waals surface area (Å²) in [5.74, 6) is -0.0789. The molecular weight excluding hydrogens is 418 g/mol. The van der Waals surface area contributed by atoms with Gasteiger partial charge in [-0.2, -0.15) is 0 Å². The maximum atomic E-state index is 11.9. The number of carboxylic acids is 1. The van der Waals surface area contributed by atoms with Crippen molar-refractivity contribution in [2.45, 2.75) is 31.3 Å². The van der Waals surface area contributed by atoms with Crippen molar-refractivity contribution in [2.75, 3.05) is 13.7 Å². The number of hydrogen-bond donors (Lipinski definition) is 1. The van der Waals surface area contributed by atoms with E-state index >= 15 is 0 Å². The van der Waals surface area contributed by atoms with Gasteiger partial charge in [-0.3, -0.25) is 9.69 Å². The molecule has 0 aromatic heterocycles. The zero-order valence-electron chi connectivity index (χ0n) is 14.5. The van der Waals surface area contributed by atoms with Gasteiger partial charge in [0.15, 0.2) is 0 Å². The molecule has 1 aliphatic heterocycles. The second kappa shape index (κ2) is 8.42. The maximum Gasteiger partial charge on any atom is 0.320 e. The van der Waals surface area contributed by atoms with Crippen molar-refractivity contribution in [3.63, 3.8) is 0 Å². The van der Waals surface area contributed by atoms with Gasteiger partial charge in [0.1, 0.15) is 11.8 Å². The lowest BCUT2D eigenvalue weighted by Gasteiger charge is -2.40. The van der Waals surface area contributed by atoms with E-state index in [1.165, 1.54) is 0 Å². The third-order valence-electron chi connectivity index (χ3n) is 4.83. The van der Waals surface area contributed by atoms with Crippen LogP contribution in [0.25, 0.3) is 0 Å². The number of halogens is 2. The van der Waals surface area contributed by atoms with Crippen LogP contribution in [0.4, 0.5) is 0 Å². The van der Waals surface area contributed by atoms with Crippen LogP contribution >= 0.6 is 27.5 Å². The van der Waals surface area contributed by atoms with E-state index in [1.807, 2.05) is 36.4 Å². The van der Waals surface area contributed by atoms with E-state index in [-0.39, 0.29) is 6.04 Å². The first-order chi connectivity index (χ1) is 12.5. The predicted octanol–water partition coefficient (Wildman–Crippen LogP) is 5.14. The smallest absolute Gasteiger partial charge is 0.320 e. The number of carbonyl (C=O) groups is 1. The minimum Gasteiger partial charge on any atom is -0.496 e. The molecule has 6 heteroatoms. The second-order valence-corrected chi connectivity index (χ2v) is 7.78. The van der Waals surface area contributed by atoms with Gasteiger partial charge in [-0.25, -0.2) is 0 Å². The summed E-state index contributed by atoms with van der Waals surface area (Å²) < 4.78 is 6.55. The fourth-order valence-corrected chi connectivity index (χ4v) is 4.09. The Balaban J connectivity index is 2.15. The standard InChI is InChI=1S/C20H21BrClNO3/c1-26-18-10-9-15(22)12-16(18)19(13-5-7-14(21)8-6-13)23-11-3-2-4-17(23)20(24)25/h5-10,12,17,19H,2-4,11H2,1H3,(H,24,25). The van der Waals surface area contributed by atoms with E-state index in [1.54, 1.807) is 13.2 Å². The van der Waals surface area contributed by atoms with Crippen LogP contribution in [0.5, 0.6) is 5.75 Å². The molecule has 0 bridgehead atoms. The topological polar surface area (TPSA) is 49.8 Å². The molecule has 0 aliphatic carbocycles. The van der Waals surface area contributed by atoms with Gasteiger partial charge in [0.05, 0.1) is 13.2 Å². The minimum atomic E-state index is -0.784. The van der Waals surface area contributed by atoms with Gasteiger partial charge in [0, 0.05) is 15.1 Å². The monoisotopic (exact) mass is 437 g/mol. The minimum absolute atomic E-state index is 0.238. The van der Waals surface area contributed by atoms with Crippen LogP contribution in [-0.4, -0.2) is 35.7 Å². The molecule has 0 amide bonds. The second-order valence-electron chi connectivity index (χ2n) is 6.43. The summed E-state index contributed by atoms with van der Waals surface area (Å²) in [7, 11) is 1.62. The molecular formula is C20H21BrClNO3. The number of carboxylic acid groups (broad SMARTS) is 1. The molecule has 1 fully saturated rings. The van der Waals surface area contributed by atoms with Crippen molar-refractivity contribution in [3.8, 4) is 5.75 Å². The Kier molecular flexibility index (Phi) is 6.22. The van der Waals surface area contributed by atoms with Crippen LogP contribution in [0.2, 0.25) is 5.02 Å². The highest BCUT2D eigenvalue weighted by Crippen LogP contribution is 2.39. The molecule has 2 aromatic rings. The molecule has 3 rings (SSSR count). The van der Waals surface area contributed by atoms with Gasteiger partial charge in [-0.15, -0.1) is 0 Å². The maximum absolute atomic E-state index is 11.9. The first-order valence-corrected chi connectivity index (χ1v) is 9.76. The summed E-state index contributed by atoms with van der Waals surface area (Å²) in [5.41, 5.74) is 1.90. The van der Waals surface area contributed by atoms with Crippen molar-refractivity contribution in [1.82, 2.24) is 4.90 Å². The fourth-order valence-electron chi connectivity index (χ4n) is 3.64. The van der Waals surface area contributed by atoms with E-state index in [9.17, 15) is 9.90 Å². The molecule has 0 radical (unpaired) electrons. The van der Waals surface area contributed by atoms with Crippen LogP contribution in [0, 0.1) is 0 Å². The van der Waals surface area contributed by atoms with Gasteiger partial charge < -0.3 is 9.84 Å². The number of ether oxygens (including phenoxy) is 1. The molecule has 2 unspecified atom stereocenters. The Morgan fingerprint density at radius 1 is 1.27 bits per heavy atom. The van der Waals surface area contributed by atoms with E-state index < -0.39 is 12.0 Å². The predicted molar refractivity (Wildman–Crippen MR) is 106 cm³/mol. The van der Waals surface area contributed by atoms with E-state index in [0.717, 1.165) is 28.4 Å². The van der Waals surface area contributed by atoms with Crippen LogP contribution in [-0.2, 0) is 4.79 Å². The number of likely N-dealkylation sites (tertiary alicyclic amines) is 1. The lowest BCUT2D eigenvalue weighted by atomic mass is 9.91. The average molecular weight is 439 g/mol. The number of methoxy groups -OCH3 is 1. The van der Waals surface area contributed by atoms with Crippen LogP contribution in [0.15, 0.2) is 46.9 Å². The Bertz CT molecular complexity index is 781. The molecule has 1 heterocycles. The number of nitrogens with zero attached hydrogens (tertiary/aromatic N) is 1. The normalized spacial score (nSPS) is 19.1. The summed E-state index contributed by atoms with van der Waals surface area (Å²) in [6.45, 7) is 0.716. The van der Waals surface area contributed by atoms with Gasteiger partial charge in [-0.1, -0.05) is 46.1 Å². The molecule has 4 nitrogen and oxygen atoms in total. The Labute approximate surface area is 166 Å². The largest absolute Gasteiger partial charge is 0.496 e. The first-order valence-electron chi connectivity index (χ1n) is 8.58. The van der Waals surface area contributed by atoms with Crippen LogP contribution in [0.3, 0.4) is 0 Å². The van der Waals surface area contributed by atoms with Gasteiger partial charge in [-0.05, 0) is 55.3 Å². The third kappa shape index (κ3) is 4.05. The average Bonchev–Trinajstić information content (AvgIpc) is 2.64. The van der Waals surface area contributed by atoms with E-state index in [0.29, 0.717) is 23.7 Å². The summed E-state index contributed by atoms with van der Waals surface area (Å²) >= 11 is 9.74. The van der Waals surface area contributed by atoms with Crippen molar-refractivity contribution in [3.05, 3.63) is 63.1 Å². The molecule has 0 spiro atoms. The van der Waals surface area contributed by atoms with Gasteiger partial charge >= 0.3 is 5.97 Å². The number of piperidine rings is 1. The van der Waals surface area contributed by atoms with Crippen LogP contribution < -0.4 is 4.74 Å². The van der Waals surface area contributed by atoms with Crippen molar-refractivity contribution >= 4 is 33.5 Å². The SMILES string of the molecule is COc1ccc(Cl)cc1C(c1ccc(Br)cc1)N1CCCCC1C(=O)O. The lowest BCUT2D eigenvalue weighted by molar-refractivity contribution is -0.145. The summed E-state index contributed by atoms with van der Waals surface area (Å²) in [4.78, 5) is 14.0. The molecule has 1 aliphatic rings. The zero-order chi connectivity index (χ0) is 18.7. The number of hydrogen-bond acceptors (Lipinski definition) is 3. The molecule has 2 atom stereocenters. The molecule has 138 valence electrons. The summed E-state index contributed by atoms with van der Waals surface area (Å²) in [5, 5.41) is 10.4. The highest BCUT2D eigenvalue weighted by atomic mass is 79.9. The Morgan fingerprint density at radius 3 is 2.65 bits per heavy atom. The first kappa shape index (κ1) is 19.2. The number of rotatable bonds is 5. The Morgan fingerprint density at radius 2 is 2.00 bits per heavy atom. The highest BCUT2D eigenvalue weighted by Gasteiger charge is 2.36. The molecule has 0 saturated carbocycles. The number of aliphatic carboxylic acids is 1. The summed E-state index contributed by atoms with van der Waals surface area (Å²) in [6.07, 6.45) is 2.54. The number of benzene rings is 2. The van der Waals surface area contributed by atoms with Crippen molar-refractivity contribution in [1.29, 1.82) is 0 Å². The van der Waals surface area contributed by atoms with E-state index in [2.05, 4.69) is 20.8 Å². The molecule has 1 saturated heterocycles. The van der Waals surface area contributed by atoms with Gasteiger partial charge in [0.2, 0.25) is 0 Å². The molecule has 2 aromatic carbocycles. The zero-order valence-corrected chi connectivity index (χ0v) is 16.8. The third-order valence-corrected chi connectivity index (χ3v) is 5.60. The lowest BCUT2D eigenvalue weighted by Crippen LogP contribution is -2.46. The van der Waals surface area contributed by atoms with E-state index in [4.69, 9.17) is 16.3 Å². The molecule has 1 N–H and O–H groups in total. The van der Waals surface area contributed by atoms with Gasteiger partial charge in [0.25, 0.3) is 0 Å². The Hall–Kier alpha value is -1.56. The fraction of sp³-hybridized carbons (Fsp3) is 0.350. The highest BCUT2D eigenvalue weighted by molar-refractivity contribution is 9.10. The van der Waals surface area contributed by atoms with Crippen molar-refractivity contribution < 1.29 is 14.6 Å². The molecule has 26 heavy (non-hydrogen) atoms. The summed E-state index contributed by atoms with van der Waals surface area (Å²) in [6, 6.07) is 12.7.